The van der Waals surface area contributed by atoms with E-state index >= 15 is 0 Å². The SMILES string of the molecule is C=CCCOc1ccccc1CCN(CCc1ccc(-c2noc(=O)[nH]2)cc1)Cc1ccc(C(=C)O)cc1. The van der Waals surface area contributed by atoms with Crippen LogP contribution in [-0.4, -0.2) is 39.8 Å². The van der Waals surface area contributed by atoms with Crippen molar-refractivity contribution in [2.45, 2.75) is 25.8 Å². The van der Waals surface area contributed by atoms with Gasteiger partial charge in [-0.3, -0.25) is 14.4 Å². The van der Waals surface area contributed by atoms with Crippen molar-refractivity contribution in [3.8, 4) is 17.1 Å². The fourth-order valence-electron chi connectivity index (χ4n) is 4.18. The van der Waals surface area contributed by atoms with Crippen LogP contribution >= 0.6 is 0 Å². The summed E-state index contributed by atoms with van der Waals surface area (Å²) in [6, 6.07) is 24.0. The molecule has 3 aromatic carbocycles. The lowest BCUT2D eigenvalue weighted by Gasteiger charge is -2.23. The molecular formula is C31H33N3O4. The molecule has 0 aliphatic rings. The molecule has 0 fully saturated rings. The number of rotatable bonds is 14. The predicted octanol–water partition coefficient (Wildman–Crippen LogP) is 5.80. The predicted molar refractivity (Wildman–Crippen MR) is 150 cm³/mol. The zero-order chi connectivity index (χ0) is 26.7. The molecule has 196 valence electrons. The van der Waals surface area contributed by atoms with Gasteiger partial charge >= 0.3 is 5.76 Å². The normalized spacial score (nSPS) is 11.0. The van der Waals surface area contributed by atoms with E-state index in [2.05, 4.69) is 38.8 Å². The number of aliphatic hydroxyl groups excluding tert-OH is 1. The van der Waals surface area contributed by atoms with Gasteiger partial charge in [-0.2, -0.15) is 0 Å². The Morgan fingerprint density at radius 3 is 2.39 bits per heavy atom. The molecule has 1 aromatic heterocycles. The number of para-hydroxylation sites is 1. The fraction of sp³-hybridized carbons (Fsp3) is 0.226. The number of benzene rings is 3. The van der Waals surface area contributed by atoms with Crippen molar-refractivity contribution in [1.29, 1.82) is 0 Å². The van der Waals surface area contributed by atoms with Gasteiger partial charge in [-0.15, -0.1) is 6.58 Å². The summed E-state index contributed by atoms with van der Waals surface area (Å²) < 4.78 is 10.6. The standard InChI is InChI=1S/C31H33N3O4/c1-3-4-21-37-29-8-6-5-7-27(29)18-20-34(22-25-11-13-26(14-12-25)23(2)35)19-17-24-9-15-28(16-10-24)30-32-31(36)38-33-30/h3,5-16,35H,1-2,4,17-22H2,(H,32,33,36). The number of nitrogens with zero attached hydrogens (tertiary/aromatic N) is 2. The molecule has 0 unspecified atom stereocenters. The van der Waals surface area contributed by atoms with Gasteiger partial charge in [-0.05, 0) is 42.0 Å². The quantitative estimate of drug-likeness (QED) is 0.126. The van der Waals surface area contributed by atoms with E-state index in [-0.39, 0.29) is 5.76 Å². The minimum absolute atomic E-state index is 0.0691. The average Bonchev–Trinajstić information content (AvgIpc) is 3.37. The van der Waals surface area contributed by atoms with E-state index in [1.807, 2.05) is 72.8 Å². The maximum absolute atomic E-state index is 11.2. The van der Waals surface area contributed by atoms with Gasteiger partial charge in [0.05, 0.1) is 6.61 Å². The molecule has 0 spiro atoms. The summed E-state index contributed by atoms with van der Waals surface area (Å²) in [6.45, 7) is 10.5. The van der Waals surface area contributed by atoms with Crippen LogP contribution in [0, 0.1) is 0 Å². The maximum Gasteiger partial charge on any atom is 0.439 e. The van der Waals surface area contributed by atoms with E-state index in [9.17, 15) is 9.90 Å². The molecule has 1 heterocycles. The van der Waals surface area contributed by atoms with Crippen LogP contribution in [0.3, 0.4) is 0 Å². The van der Waals surface area contributed by atoms with E-state index in [0.29, 0.717) is 12.4 Å². The number of ether oxygens (including phenoxy) is 1. The van der Waals surface area contributed by atoms with Gasteiger partial charge < -0.3 is 9.84 Å². The van der Waals surface area contributed by atoms with Crippen LogP contribution in [0.5, 0.6) is 5.75 Å². The molecule has 0 saturated heterocycles. The minimum atomic E-state index is -0.566. The highest BCUT2D eigenvalue weighted by molar-refractivity contribution is 5.56. The molecule has 4 rings (SSSR count). The van der Waals surface area contributed by atoms with Crippen LogP contribution in [-0.2, 0) is 19.4 Å². The van der Waals surface area contributed by atoms with E-state index in [1.54, 1.807) is 0 Å². The van der Waals surface area contributed by atoms with Crippen molar-refractivity contribution < 1.29 is 14.4 Å². The Balaban J connectivity index is 1.44. The zero-order valence-electron chi connectivity index (χ0n) is 21.4. The molecule has 0 aliphatic heterocycles. The molecule has 4 aromatic rings. The largest absolute Gasteiger partial charge is 0.508 e. The first-order valence-corrected chi connectivity index (χ1v) is 12.7. The molecule has 0 saturated carbocycles. The second-order valence-corrected chi connectivity index (χ2v) is 9.09. The third-order valence-electron chi connectivity index (χ3n) is 6.33. The third kappa shape index (κ3) is 7.57. The first kappa shape index (κ1) is 26.7. The Hall–Kier alpha value is -4.36. The monoisotopic (exact) mass is 511 g/mol. The molecule has 0 atom stereocenters. The summed E-state index contributed by atoms with van der Waals surface area (Å²) >= 11 is 0. The number of hydrogen-bond donors (Lipinski definition) is 2. The molecule has 0 radical (unpaired) electrons. The summed E-state index contributed by atoms with van der Waals surface area (Å²) in [5, 5.41) is 13.4. The van der Waals surface area contributed by atoms with Gasteiger partial charge in [0.1, 0.15) is 11.5 Å². The van der Waals surface area contributed by atoms with E-state index in [1.165, 1.54) is 11.1 Å². The second kappa shape index (κ2) is 13.3. The Kier molecular flexibility index (Phi) is 9.32. The van der Waals surface area contributed by atoms with Gasteiger partial charge in [-0.1, -0.05) is 84.5 Å². The number of H-pyrrole nitrogens is 1. The summed E-state index contributed by atoms with van der Waals surface area (Å²) in [7, 11) is 0. The van der Waals surface area contributed by atoms with Crippen LogP contribution < -0.4 is 10.5 Å². The van der Waals surface area contributed by atoms with Gasteiger partial charge in [0.15, 0.2) is 5.82 Å². The van der Waals surface area contributed by atoms with Crippen LogP contribution in [0.15, 0.2) is 101 Å². The highest BCUT2D eigenvalue weighted by Crippen LogP contribution is 2.21. The van der Waals surface area contributed by atoms with Crippen molar-refractivity contribution in [3.05, 3.63) is 125 Å². The van der Waals surface area contributed by atoms with Crippen molar-refractivity contribution in [2.75, 3.05) is 19.7 Å². The summed E-state index contributed by atoms with van der Waals surface area (Å²) in [5.41, 5.74) is 5.05. The zero-order valence-corrected chi connectivity index (χ0v) is 21.4. The summed E-state index contributed by atoms with van der Waals surface area (Å²) in [4.78, 5) is 16.2. The van der Waals surface area contributed by atoms with E-state index in [4.69, 9.17) is 4.74 Å². The summed E-state index contributed by atoms with van der Waals surface area (Å²) in [5.74, 6) is 0.844. The molecule has 2 N–H and O–H groups in total. The highest BCUT2D eigenvalue weighted by atomic mass is 16.5. The number of aliphatic hydroxyl groups is 1. The van der Waals surface area contributed by atoms with Crippen LogP contribution in [0.4, 0.5) is 0 Å². The molecular weight excluding hydrogens is 478 g/mol. The Morgan fingerprint density at radius 1 is 1.00 bits per heavy atom. The molecule has 7 nitrogen and oxygen atoms in total. The topological polar surface area (TPSA) is 91.6 Å². The first-order chi connectivity index (χ1) is 18.5. The number of aromatic nitrogens is 2. The third-order valence-corrected chi connectivity index (χ3v) is 6.33. The second-order valence-electron chi connectivity index (χ2n) is 9.09. The number of aromatic amines is 1. The van der Waals surface area contributed by atoms with E-state index in [0.717, 1.165) is 61.3 Å². The van der Waals surface area contributed by atoms with E-state index < -0.39 is 5.76 Å². The van der Waals surface area contributed by atoms with Gasteiger partial charge in [0.2, 0.25) is 0 Å². The van der Waals surface area contributed by atoms with Gasteiger partial charge in [0, 0.05) is 30.8 Å². The molecule has 7 heteroatoms. The van der Waals surface area contributed by atoms with Gasteiger partial charge in [0.25, 0.3) is 0 Å². The van der Waals surface area contributed by atoms with Crippen molar-refractivity contribution in [3.63, 3.8) is 0 Å². The molecule has 38 heavy (non-hydrogen) atoms. The summed E-state index contributed by atoms with van der Waals surface area (Å²) in [6.07, 6.45) is 4.38. The number of hydrogen-bond acceptors (Lipinski definition) is 6. The van der Waals surface area contributed by atoms with Crippen molar-refractivity contribution >= 4 is 5.76 Å². The van der Waals surface area contributed by atoms with Gasteiger partial charge in [-0.25, -0.2) is 4.79 Å². The maximum atomic E-state index is 11.2. The Morgan fingerprint density at radius 2 is 1.71 bits per heavy atom. The van der Waals surface area contributed by atoms with Crippen LogP contribution in [0.1, 0.15) is 28.7 Å². The Labute approximate surface area is 222 Å². The molecule has 0 aliphatic carbocycles. The number of nitrogens with one attached hydrogen (secondary N) is 1. The Bertz CT molecular complexity index is 1390. The highest BCUT2D eigenvalue weighted by Gasteiger charge is 2.11. The smallest absolute Gasteiger partial charge is 0.439 e. The fourth-order valence-corrected chi connectivity index (χ4v) is 4.18. The van der Waals surface area contributed by atoms with Crippen molar-refractivity contribution in [2.24, 2.45) is 0 Å². The van der Waals surface area contributed by atoms with Crippen LogP contribution in [0.2, 0.25) is 0 Å². The minimum Gasteiger partial charge on any atom is -0.508 e. The lowest BCUT2D eigenvalue weighted by atomic mass is 10.1. The lowest BCUT2D eigenvalue weighted by molar-refractivity contribution is 0.269. The van der Waals surface area contributed by atoms with Crippen molar-refractivity contribution in [1.82, 2.24) is 15.0 Å². The molecule has 0 amide bonds. The molecule has 0 bridgehead atoms. The lowest BCUT2D eigenvalue weighted by Crippen LogP contribution is -2.28. The van der Waals surface area contributed by atoms with Crippen LogP contribution in [0.25, 0.3) is 17.1 Å². The first-order valence-electron chi connectivity index (χ1n) is 12.7. The average molecular weight is 512 g/mol.